The molecule has 13 heteroatoms. The third-order valence-corrected chi connectivity index (χ3v) is 9.29. The quantitative estimate of drug-likeness (QED) is 0.182. The summed E-state index contributed by atoms with van der Waals surface area (Å²) in [6, 6.07) is 21.6. The summed E-state index contributed by atoms with van der Waals surface area (Å²) >= 11 is 12.8. The first-order valence-corrected chi connectivity index (χ1v) is 16.8. The van der Waals surface area contributed by atoms with Crippen LogP contribution in [0.4, 0.5) is 11.4 Å². The summed E-state index contributed by atoms with van der Waals surface area (Å²) in [4.78, 5) is 21.5. The molecule has 0 spiro atoms. The number of imidazole rings is 1. The van der Waals surface area contributed by atoms with E-state index in [0.717, 1.165) is 49.0 Å². The lowest BCUT2D eigenvalue weighted by Crippen LogP contribution is -2.46. The van der Waals surface area contributed by atoms with Crippen LogP contribution in [0.25, 0.3) is 5.69 Å². The summed E-state index contributed by atoms with van der Waals surface area (Å²) in [6.45, 7) is 8.50. The molecule has 2 fully saturated rings. The van der Waals surface area contributed by atoms with E-state index >= 15 is 0 Å². The van der Waals surface area contributed by atoms with Crippen molar-refractivity contribution in [2.75, 3.05) is 49.2 Å². The molecule has 0 saturated carbocycles. The molecular formula is C35H37Cl2N7O4. The van der Waals surface area contributed by atoms with Crippen LogP contribution in [0.2, 0.25) is 10.0 Å². The first kappa shape index (κ1) is 32.3. The molecule has 0 N–H and O–H groups in total. The lowest BCUT2D eigenvalue weighted by atomic mass is 10.1. The van der Waals surface area contributed by atoms with Crippen LogP contribution in [0.1, 0.15) is 25.5 Å². The minimum Gasteiger partial charge on any atom is -0.491 e. The van der Waals surface area contributed by atoms with Gasteiger partial charge in [-0.2, -0.15) is 5.10 Å². The Hall–Kier alpha value is -4.29. The van der Waals surface area contributed by atoms with Crippen molar-refractivity contribution in [2.45, 2.75) is 38.3 Å². The standard InChI is InChI=1S/C35H37Cl2N7O4/c1-25(2)44-34(45)43(24-39-44)29-6-4-27(5-7-29)41-15-17-42(18-16-41)28-8-10-30(11-9-28)46-20-31-21-47-35(48-31,22-40-14-13-38-23-40)32-12-3-26(36)19-33(32)37/h3-14,19,23-25,31H,15-18,20-22H2,1-2H3/t31-,35-/m1/s1. The molecule has 48 heavy (non-hydrogen) atoms. The minimum absolute atomic E-state index is 0.0153. The van der Waals surface area contributed by atoms with Gasteiger partial charge in [0.15, 0.2) is 0 Å². The van der Waals surface area contributed by atoms with E-state index in [-0.39, 0.29) is 17.8 Å². The van der Waals surface area contributed by atoms with Crippen LogP contribution >= 0.6 is 23.2 Å². The highest BCUT2D eigenvalue weighted by Crippen LogP contribution is 2.40. The SMILES string of the molecule is CC(C)n1ncn(-c2ccc(N3CCN(c4ccc(OC[C@@H]5CO[C@@](Cn6ccnc6)(c6ccc(Cl)cc6Cl)O5)cc4)CC3)cc2)c1=O. The van der Waals surface area contributed by atoms with Gasteiger partial charge in [-0.15, -0.1) is 0 Å². The predicted molar refractivity (Wildman–Crippen MR) is 186 cm³/mol. The van der Waals surface area contributed by atoms with Crippen LogP contribution in [0.3, 0.4) is 0 Å². The average Bonchev–Trinajstić information content (AvgIpc) is 3.85. The van der Waals surface area contributed by atoms with Gasteiger partial charge in [-0.25, -0.2) is 19.0 Å². The lowest BCUT2D eigenvalue weighted by molar-refractivity contribution is -0.189. The highest BCUT2D eigenvalue weighted by Gasteiger charge is 2.45. The van der Waals surface area contributed by atoms with Gasteiger partial charge in [0.1, 0.15) is 24.8 Å². The van der Waals surface area contributed by atoms with E-state index in [1.54, 1.807) is 35.6 Å². The number of hydrogen-bond donors (Lipinski definition) is 0. The van der Waals surface area contributed by atoms with Crippen molar-refractivity contribution in [2.24, 2.45) is 0 Å². The van der Waals surface area contributed by atoms with Crippen molar-refractivity contribution in [3.63, 3.8) is 0 Å². The van der Waals surface area contributed by atoms with E-state index in [9.17, 15) is 4.79 Å². The van der Waals surface area contributed by atoms with Crippen LogP contribution in [0.5, 0.6) is 5.75 Å². The van der Waals surface area contributed by atoms with Gasteiger partial charge in [0, 0.05) is 60.5 Å². The van der Waals surface area contributed by atoms with Crippen molar-refractivity contribution < 1.29 is 14.2 Å². The predicted octanol–water partition coefficient (Wildman–Crippen LogP) is 5.79. The Balaban J connectivity index is 0.929. The van der Waals surface area contributed by atoms with Crippen molar-refractivity contribution in [1.82, 2.24) is 23.9 Å². The largest absolute Gasteiger partial charge is 0.491 e. The van der Waals surface area contributed by atoms with Gasteiger partial charge in [0.25, 0.3) is 0 Å². The van der Waals surface area contributed by atoms with Crippen LogP contribution in [0.15, 0.2) is 96.6 Å². The van der Waals surface area contributed by atoms with Crippen molar-refractivity contribution in [1.29, 1.82) is 0 Å². The normalized spacial score (nSPS) is 19.7. The molecule has 11 nitrogen and oxygen atoms in total. The first-order chi connectivity index (χ1) is 23.3. The second-order valence-electron chi connectivity index (χ2n) is 12.3. The third kappa shape index (κ3) is 6.68. The summed E-state index contributed by atoms with van der Waals surface area (Å²) in [5.74, 6) is -0.336. The molecule has 4 heterocycles. The van der Waals surface area contributed by atoms with Crippen LogP contribution < -0.4 is 20.2 Å². The Labute approximate surface area is 288 Å². The number of anilines is 2. The van der Waals surface area contributed by atoms with E-state index in [4.69, 9.17) is 37.4 Å². The topological polar surface area (TPSA) is 91.8 Å². The number of aromatic nitrogens is 5. The van der Waals surface area contributed by atoms with Gasteiger partial charge >= 0.3 is 5.69 Å². The van der Waals surface area contributed by atoms with Gasteiger partial charge in [-0.05, 0) is 74.5 Å². The Morgan fingerprint density at radius 3 is 2.19 bits per heavy atom. The van der Waals surface area contributed by atoms with E-state index in [1.165, 1.54) is 4.68 Å². The molecule has 0 radical (unpaired) electrons. The zero-order valence-corrected chi connectivity index (χ0v) is 28.3. The summed E-state index contributed by atoms with van der Waals surface area (Å²) in [5, 5.41) is 5.25. The van der Waals surface area contributed by atoms with E-state index in [2.05, 4.69) is 44.1 Å². The Bertz CT molecular complexity index is 1890. The first-order valence-electron chi connectivity index (χ1n) is 16.0. The molecule has 3 aromatic carbocycles. The highest BCUT2D eigenvalue weighted by atomic mass is 35.5. The molecule has 0 amide bonds. The zero-order valence-electron chi connectivity index (χ0n) is 26.8. The third-order valence-electron chi connectivity index (χ3n) is 8.74. The fourth-order valence-electron chi connectivity index (χ4n) is 6.21. The monoisotopic (exact) mass is 689 g/mol. The van der Waals surface area contributed by atoms with Gasteiger partial charge < -0.3 is 28.6 Å². The summed E-state index contributed by atoms with van der Waals surface area (Å²) in [6.07, 6.45) is 6.57. The Morgan fingerprint density at radius 2 is 1.58 bits per heavy atom. The number of rotatable bonds is 10. The average molecular weight is 691 g/mol. The molecule has 7 rings (SSSR count). The van der Waals surface area contributed by atoms with Crippen molar-refractivity contribution in [3.05, 3.63) is 118 Å². The number of ether oxygens (including phenoxy) is 3. The fourth-order valence-corrected chi connectivity index (χ4v) is 6.76. The molecule has 2 saturated heterocycles. The molecule has 2 aliphatic heterocycles. The van der Waals surface area contributed by atoms with E-state index in [1.807, 2.05) is 54.9 Å². The van der Waals surface area contributed by atoms with Crippen LogP contribution in [-0.2, 0) is 21.8 Å². The van der Waals surface area contributed by atoms with E-state index < -0.39 is 5.79 Å². The number of nitrogens with zero attached hydrogens (tertiary/aromatic N) is 7. The van der Waals surface area contributed by atoms with E-state index in [0.29, 0.717) is 35.4 Å². The Kier molecular flexibility index (Phi) is 9.19. The minimum atomic E-state index is -1.10. The summed E-state index contributed by atoms with van der Waals surface area (Å²) in [5.41, 5.74) is 3.67. The maximum atomic E-state index is 12.6. The molecule has 2 aliphatic rings. The van der Waals surface area contributed by atoms with Crippen molar-refractivity contribution in [3.8, 4) is 11.4 Å². The number of halogens is 2. The highest BCUT2D eigenvalue weighted by molar-refractivity contribution is 6.35. The molecule has 0 unspecified atom stereocenters. The summed E-state index contributed by atoms with van der Waals surface area (Å²) in [7, 11) is 0. The van der Waals surface area contributed by atoms with Crippen molar-refractivity contribution >= 4 is 34.6 Å². The zero-order chi connectivity index (χ0) is 33.3. The molecule has 2 aromatic heterocycles. The number of piperazine rings is 1. The lowest BCUT2D eigenvalue weighted by Gasteiger charge is -2.37. The maximum Gasteiger partial charge on any atom is 0.350 e. The molecule has 2 atom stereocenters. The number of benzene rings is 3. The summed E-state index contributed by atoms with van der Waals surface area (Å²) < 4.78 is 23.9. The molecular weight excluding hydrogens is 653 g/mol. The molecule has 5 aromatic rings. The van der Waals surface area contributed by atoms with Gasteiger partial charge in [-0.1, -0.05) is 29.3 Å². The molecule has 0 bridgehead atoms. The maximum absolute atomic E-state index is 12.6. The van der Waals surface area contributed by atoms with Crippen LogP contribution in [-0.4, -0.2) is 69.4 Å². The second-order valence-corrected chi connectivity index (χ2v) is 13.1. The second kappa shape index (κ2) is 13.7. The molecule has 0 aliphatic carbocycles. The number of hydrogen-bond acceptors (Lipinski definition) is 8. The Morgan fingerprint density at radius 1 is 0.917 bits per heavy atom. The smallest absolute Gasteiger partial charge is 0.350 e. The van der Waals surface area contributed by atoms with Gasteiger partial charge in [0.05, 0.1) is 36.2 Å². The fraction of sp³-hybridized carbons (Fsp3) is 0.343. The van der Waals surface area contributed by atoms with Crippen LogP contribution in [0, 0.1) is 0 Å². The van der Waals surface area contributed by atoms with Gasteiger partial charge in [0.2, 0.25) is 5.79 Å². The molecule has 250 valence electrons. The van der Waals surface area contributed by atoms with Gasteiger partial charge in [-0.3, -0.25) is 0 Å².